The van der Waals surface area contributed by atoms with Crippen LogP contribution in [-0.4, -0.2) is 36.5 Å². The van der Waals surface area contributed by atoms with Gasteiger partial charge in [0.1, 0.15) is 0 Å². The van der Waals surface area contributed by atoms with Gasteiger partial charge in [0.05, 0.1) is 20.3 Å². The lowest BCUT2D eigenvalue weighted by Gasteiger charge is -2.34. The van der Waals surface area contributed by atoms with Crippen molar-refractivity contribution in [2.75, 3.05) is 24.8 Å². The highest BCUT2D eigenvalue weighted by Crippen LogP contribution is 2.24. The lowest BCUT2D eigenvalue weighted by molar-refractivity contribution is -0.271. The highest BCUT2D eigenvalue weighted by Gasteiger charge is 2.41. The SMILES string of the molecule is COC(=O)[C@]1(C)OC[C@H](C/C=C/CI)CO1. The predicted molar refractivity (Wildman–Crippen MR) is 68.5 cm³/mol. The molecule has 0 saturated carbocycles. The van der Waals surface area contributed by atoms with E-state index in [9.17, 15) is 4.79 Å². The lowest BCUT2D eigenvalue weighted by Crippen LogP contribution is -2.48. The summed E-state index contributed by atoms with van der Waals surface area (Å²) in [5.41, 5.74) is 0. The number of hydrogen-bond acceptors (Lipinski definition) is 4. The average molecular weight is 340 g/mol. The number of carbonyl (C=O) groups excluding carboxylic acids is 1. The monoisotopic (exact) mass is 340 g/mol. The highest BCUT2D eigenvalue weighted by molar-refractivity contribution is 14.1. The molecule has 1 fully saturated rings. The quantitative estimate of drug-likeness (QED) is 0.340. The number of halogens is 1. The van der Waals surface area contributed by atoms with E-state index in [0.717, 1.165) is 10.8 Å². The standard InChI is InChI=1S/C11H17IO4/c1-11(10(13)14-2)15-7-9(8-16-11)5-3-4-6-12/h3-4,9H,5-8H2,1-2H3/b4-3+/t9-,11+. The maximum atomic E-state index is 11.4. The maximum Gasteiger partial charge on any atom is 0.366 e. The molecule has 0 spiro atoms. The summed E-state index contributed by atoms with van der Waals surface area (Å²) < 4.78 is 16.5. The third-order valence-corrected chi connectivity index (χ3v) is 2.98. The number of alkyl halides is 1. The molecule has 92 valence electrons. The van der Waals surface area contributed by atoms with Crippen molar-refractivity contribution in [3.05, 3.63) is 12.2 Å². The molecule has 0 aliphatic carbocycles. The average Bonchev–Trinajstić information content (AvgIpc) is 2.31. The summed E-state index contributed by atoms with van der Waals surface area (Å²) in [5.74, 6) is -1.39. The molecule has 0 radical (unpaired) electrons. The van der Waals surface area contributed by atoms with E-state index < -0.39 is 11.8 Å². The van der Waals surface area contributed by atoms with Gasteiger partial charge in [0.25, 0.3) is 5.79 Å². The van der Waals surface area contributed by atoms with Crippen LogP contribution in [0.5, 0.6) is 0 Å². The number of esters is 1. The minimum Gasteiger partial charge on any atom is -0.465 e. The van der Waals surface area contributed by atoms with Gasteiger partial charge < -0.3 is 14.2 Å². The molecule has 0 bridgehead atoms. The van der Waals surface area contributed by atoms with Gasteiger partial charge in [0.15, 0.2) is 0 Å². The minimum absolute atomic E-state index is 0.317. The third-order valence-electron chi connectivity index (χ3n) is 2.47. The van der Waals surface area contributed by atoms with Crippen LogP contribution in [0, 0.1) is 5.92 Å². The van der Waals surface area contributed by atoms with Gasteiger partial charge in [0.2, 0.25) is 0 Å². The van der Waals surface area contributed by atoms with Gasteiger partial charge in [-0.2, -0.15) is 0 Å². The Morgan fingerprint density at radius 2 is 2.12 bits per heavy atom. The van der Waals surface area contributed by atoms with E-state index in [1.165, 1.54) is 7.11 Å². The molecule has 0 aromatic carbocycles. The molecule has 5 heteroatoms. The first-order valence-electron chi connectivity index (χ1n) is 5.19. The first-order valence-corrected chi connectivity index (χ1v) is 6.72. The minimum atomic E-state index is -1.22. The molecular formula is C11H17IO4. The highest BCUT2D eigenvalue weighted by atomic mass is 127. The van der Waals surface area contributed by atoms with Crippen LogP contribution in [0.3, 0.4) is 0 Å². The molecule has 0 aromatic rings. The van der Waals surface area contributed by atoms with Crippen LogP contribution in [0.25, 0.3) is 0 Å². The molecule has 1 heterocycles. The summed E-state index contributed by atoms with van der Waals surface area (Å²) in [6.07, 6.45) is 5.14. The number of allylic oxidation sites excluding steroid dienone is 2. The van der Waals surface area contributed by atoms with Crippen LogP contribution in [0.4, 0.5) is 0 Å². The molecule has 0 unspecified atom stereocenters. The van der Waals surface area contributed by atoms with E-state index in [1.807, 2.05) is 0 Å². The topological polar surface area (TPSA) is 44.8 Å². The Hall–Kier alpha value is -0.140. The van der Waals surface area contributed by atoms with Crippen LogP contribution in [0.2, 0.25) is 0 Å². The van der Waals surface area contributed by atoms with Gasteiger partial charge >= 0.3 is 5.97 Å². The molecule has 1 aliphatic rings. The summed E-state index contributed by atoms with van der Waals surface area (Å²) >= 11 is 2.29. The maximum absolute atomic E-state index is 11.4. The molecule has 0 amide bonds. The number of carbonyl (C=O) groups is 1. The fourth-order valence-electron chi connectivity index (χ4n) is 1.43. The molecule has 0 aromatic heterocycles. The molecule has 0 N–H and O–H groups in total. The zero-order chi connectivity index (χ0) is 12.0. The molecule has 1 rings (SSSR count). The number of methoxy groups -OCH3 is 1. The number of hydrogen-bond donors (Lipinski definition) is 0. The predicted octanol–water partition coefficient (Wildman–Crippen LogP) is 1.92. The van der Waals surface area contributed by atoms with Crippen molar-refractivity contribution in [2.45, 2.75) is 19.1 Å². The van der Waals surface area contributed by atoms with E-state index in [-0.39, 0.29) is 0 Å². The normalized spacial score (nSPS) is 30.6. The van der Waals surface area contributed by atoms with Crippen molar-refractivity contribution in [1.29, 1.82) is 0 Å². The summed E-state index contributed by atoms with van der Waals surface area (Å²) in [6, 6.07) is 0. The first kappa shape index (κ1) is 13.9. The van der Waals surface area contributed by atoms with Crippen LogP contribution in [0.15, 0.2) is 12.2 Å². The Kier molecular flexibility index (Phi) is 5.71. The van der Waals surface area contributed by atoms with Gasteiger partial charge in [-0.05, 0) is 6.42 Å². The molecule has 1 saturated heterocycles. The van der Waals surface area contributed by atoms with Crippen molar-refractivity contribution in [2.24, 2.45) is 5.92 Å². The van der Waals surface area contributed by atoms with Gasteiger partial charge in [-0.25, -0.2) is 4.79 Å². The van der Waals surface area contributed by atoms with Crippen molar-refractivity contribution < 1.29 is 19.0 Å². The van der Waals surface area contributed by atoms with Gasteiger partial charge in [-0.3, -0.25) is 0 Å². The van der Waals surface area contributed by atoms with Crippen LogP contribution in [-0.2, 0) is 19.0 Å². The molecule has 4 nitrogen and oxygen atoms in total. The molecule has 0 atom stereocenters. The number of ether oxygens (including phenoxy) is 3. The Bertz CT molecular complexity index is 257. The van der Waals surface area contributed by atoms with E-state index >= 15 is 0 Å². The van der Waals surface area contributed by atoms with Crippen LogP contribution in [0.1, 0.15) is 13.3 Å². The number of rotatable bonds is 4. The van der Waals surface area contributed by atoms with Crippen molar-refractivity contribution >= 4 is 28.6 Å². The Balaban J connectivity index is 2.38. The second kappa shape index (κ2) is 6.56. The summed E-state index contributed by atoms with van der Waals surface area (Å²) in [7, 11) is 1.33. The van der Waals surface area contributed by atoms with Gasteiger partial charge in [-0.1, -0.05) is 34.7 Å². The summed E-state index contributed by atoms with van der Waals surface area (Å²) in [4.78, 5) is 11.4. The summed E-state index contributed by atoms with van der Waals surface area (Å²) in [6.45, 7) is 2.64. The third kappa shape index (κ3) is 3.71. The summed E-state index contributed by atoms with van der Waals surface area (Å²) in [5, 5.41) is 0. The van der Waals surface area contributed by atoms with Crippen molar-refractivity contribution in [1.82, 2.24) is 0 Å². The van der Waals surface area contributed by atoms with E-state index in [1.54, 1.807) is 6.92 Å². The zero-order valence-electron chi connectivity index (χ0n) is 9.57. The largest absolute Gasteiger partial charge is 0.465 e. The Morgan fingerprint density at radius 1 is 1.50 bits per heavy atom. The second-order valence-corrected chi connectivity index (χ2v) is 4.67. The Labute approximate surface area is 109 Å². The second-order valence-electron chi connectivity index (χ2n) is 3.79. The lowest BCUT2D eigenvalue weighted by atomic mass is 10.1. The van der Waals surface area contributed by atoms with E-state index in [0.29, 0.717) is 19.1 Å². The van der Waals surface area contributed by atoms with Crippen LogP contribution >= 0.6 is 22.6 Å². The molecule has 16 heavy (non-hydrogen) atoms. The van der Waals surface area contributed by atoms with E-state index in [4.69, 9.17) is 9.47 Å². The van der Waals surface area contributed by atoms with Crippen molar-refractivity contribution in [3.8, 4) is 0 Å². The fraction of sp³-hybridized carbons (Fsp3) is 0.727. The Morgan fingerprint density at radius 3 is 2.62 bits per heavy atom. The molecule has 1 aliphatic heterocycles. The smallest absolute Gasteiger partial charge is 0.366 e. The van der Waals surface area contributed by atoms with Crippen molar-refractivity contribution in [3.63, 3.8) is 0 Å². The van der Waals surface area contributed by atoms with Gasteiger partial charge in [0, 0.05) is 17.3 Å². The zero-order valence-corrected chi connectivity index (χ0v) is 11.7. The fourth-order valence-corrected chi connectivity index (χ4v) is 1.79. The van der Waals surface area contributed by atoms with E-state index in [2.05, 4.69) is 39.5 Å². The first-order chi connectivity index (χ1) is 7.62. The molecular weight excluding hydrogens is 323 g/mol. The van der Waals surface area contributed by atoms with Gasteiger partial charge in [-0.15, -0.1) is 0 Å². The van der Waals surface area contributed by atoms with Crippen LogP contribution < -0.4 is 0 Å².